The van der Waals surface area contributed by atoms with Crippen LogP contribution in [0, 0.1) is 0 Å². The Morgan fingerprint density at radius 3 is 2.77 bits per heavy atom. The number of aliphatic hydroxyl groups excluding tert-OH is 1. The molecule has 2 heteroatoms. The molecule has 13 heavy (non-hydrogen) atoms. The van der Waals surface area contributed by atoms with E-state index in [1.807, 2.05) is 31.2 Å². The molecule has 0 aromatic heterocycles. The van der Waals surface area contributed by atoms with Gasteiger partial charge in [-0.2, -0.15) is 0 Å². The number of allylic oxidation sites excluding steroid dienone is 1. The fourth-order valence-corrected chi connectivity index (χ4v) is 1.10. The molecule has 1 aromatic carbocycles. The molecular formula is C11H14O2. The topological polar surface area (TPSA) is 29.5 Å². The van der Waals surface area contributed by atoms with Crippen LogP contribution in [0.2, 0.25) is 0 Å². The number of hydrogen-bond donors (Lipinski definition) is 1. The lowest BCUT2D eigenvalue weighted by atomic mass is 10.1. The maximum atomic E-state index is 8.61. The molecule has 0 aliphatic carbocycles. The Morgan fingerprint density at radius 1 is 1.46 bits per heavy atom. The number of rotatable bonds is 4. The first-order valence-electron chi connectivity index (χ1n) is 4.24. The molecule has 1 rings (SSSR count). The first-order chi connectivity index (χ1) is 6.25. The zero-order chi connectivity index (χ0) is 9.68. The van der Waals surface area contributed by atoms with Gasteiger partial charge in [0.1, 0.15) is 12.4 Å². The first kappa shape index (κ1) is 9.81. The van der Waals surface area contributed by atoms with Gasteiger partial charge in [-0.1, -0.05) is 24.8 Å². The Labute approximate surface area is 78.5 Å². The van der Waals surface area contributed by atoms with Crippen LogP contribution in [0.5, 0.6) is 5.75 Å². The lowest BCUT2D eigenvalue weighted by Gasteiger charge is -2.09. The molecule has 0 aliphatic heterocycles. The second-order valence-electron chi connectivity index (χ2n) is 2.85. The molecule has 0 radical (unpaired) electrons. The molecule has 70 valence electrons. The van der Waals surface area contributed by atoms with Crippen LogP contribution in [0.1, 0.15) is 12.5 Å². The van der Waals surface area contributed by atoms with E-state index in [1.165, 1.54) is 0 Å². The Balaban J connectivity index is 2.84. The molecule has 0 unspecified atom stereocenters. The average molecular weight is 178 g/mol. The van der Waals surface area contributed by atoms with Crippen molar-refractivity contribution in [3.8, 4) is 5.75 Å². The smallest absolute Gasteiger partial charge is 0.126 e. The third-order valence-corrected chi connectivity index (χ3v) is 1.70. The minimum atomic E-state index is 0.0323. The normalized spacial score (nSPS) is 9.69. The third-order valence-electron chi connectivity index (χ3n) is 1.70. The van der Waals surface area contributed by atoms with Gasteiger partial charge < -0.3 is 9.84 Å². The van der Waals surface area contributed by atoms with Gasteiger partial charge in [0, 0.05) is 5.56 Å². The number of hydrogen-bond acceptors (Lipinski definition) is 2. The second-order valence-corrected chi connectivity index (χ2v) is 2.85. The largest absolute Gasteiger partial charge is 0.491 e. The van der Waals surface area contributed by atoms with E-state index in [-0.39, 0.29) is 6.61 Å². The van der Waals surface area contributed by atoms with E-state index in [0.29, 0.717) is 6.61 Å². The fraction of sp³-hybridized carbons (Fsp3) is 0.273. The van der Waals surface area contributed by atoms with Crippen molar-refractivity contribution in [3.05, 3.63) is 36.4 Å². The second kappa shape index (κ2) is 4.67. The summed E-state index contributed by atoms with van der Waals surface area (Å²) >= 11 is 0. The van der Waals surface area contributed by atoms with Crippen molar-refractivity contribution in [2.24, 2.45) is 0 Å². The zero-order valence-electron chi connectivity index (χ0n) is 7.79. The number of para-hydroxylation sites is 1. The van der Waals surface area contributed by atoms with Crippen molar-refractivity contribution in [1.29, 1.82) is 0 Å². The third kappa shape index (κ3) is 2.60. The van der Waals surface area contributed by atoms with Gasteiger partial charge in [-0.25, -0.2) is 0 Å². The molecule has 1 aromatic rings. The molecule has 0 saturated heterocycles. The highest BCUT2D eigenvalue weighted by molar-refractivity contribution is 5.66. The van der Waals surface area contributed by atoms with E-state index >= 15 is 0 Å². The standard InChI is InChI=1S/C11H14O2/c1-9(2)10-5-3-4-6-11(10)13-8-7-12/h3-6,12H,1,7-8H2,2H3. The minimum Gasteiger partial charge on any atom is -0.491 e. The van der Waals surface area contributed by atoms with Gasteiger partial charge in [-0.15, -0.1) is 0 Å². The Bertz CT molecular complexity index is 292. The molecule has 0 spiro atoms. The van der Waals surface area contributed by atoms with Crippen LogP contribution in [0.25, 0.3) is 5.57 Å². The predicted octanol–water partition coefficient (Wildman–Crippen LogP) is 2.09. The van der Waals surface area contributed by atoms with E-state index in [2.05, 4.69) is 6.58 Å². The van der Waals surface area contributed by atoms with Gasteiger partial charge in [0.15, 0.2) is 0 Å². The summed E-state index contributed by atoms with van der Waals surface area (Å²) in [6, 6.07) is 7.67. The highest BCUT2D eigenvalue weighted by Crippen LogP contribution is 2.23. The van der Waals surface area contributed by atoms with E-state index < -0.39 is 0 Å². The quantitative estimate of drug-likeness (QED) is 0.765. The summed E-state index contributed by atoms with van der Waals surface area (Å²) in [6.45, 7) is 6.14. The van der Waals surface area contributed by atoms with Crippen LogP contribution in [0.3, 0.4) is 0 Å². The first-order valence-corrected chi connectivity index (χ1v) is 4.24. The summed E-state index contributed by atoms with van der Waals surface area (Å²) in [5, 5.41) is 8.61. The maximum Gasteiger partial charge on any atom is 0.126 e. The molecule has 0 aliphatic rings. The van der Waals surface area contributed by atoms with Crippen LogP contribution in [0.4, 0.5) is 0 Å². The lowest BCUT2D eigenvalue weighted by molar-refractivity contribution is 0.201. The molecule has 0 bridgehead atoms. The van der Waals surface area contributed by atoms with Crippen molar-refractivity contribution < 1.29 is 9.84 Å². The van der Waals surface area contributed by atoms with Crippen molar-refractivity contribution in [3.63, 3.8) is 0 Å². The Morgan fingerprint density at radius 2 is 2.15 bits per heavy atom. The van der Waals surface area contributed by atoms with Gasteiger partial charge in [0.2, 0.25) is 0 Å². The number of aliphatic hydroxyl groups is 1. The molecule has 0 amide bonds. The zero-order valence-corrected chi connectivity index (χ0v) is 7.79. The van der Waals surface area contributed by atoms with Crippen molar-refractivity contribution >= 4 is 5.57 Å². The SMILES string of the molecule is C=C(C)c1ccccc1OCCO. The van der Waals surface area contributed by atoms with E-state index in [1.54, 1.807) is 0 Å². The highest BCUT2D eigenvalue weighted by Gasteiger charge is 2.01. The van der Waals surface area contributed by atoms with Gasteiger partial charge in [-0.3, -0.25) is 0 Å². The fourth-order valence-electron chi connectivity index (χ4n) is 1.10. The van der Waals surface area contributed by atoms with Gasteiger partial charge in [0.05, 0.1) is 6.61 Å². The summed E-state index contributed by atoms with van der Waals surface area (Å²) in [6.07, 6.45) is 0. The number of ether oxygens (including phenoxy) is 1. The average Bonchev–Trinajstić information content (AvgIpc) is 2.15. The molecule has 1 N–H and O–H groups in total. The van der Waals surface area contributed by atoms with Crippen molar-refractivity contribution in [2.45, 2.75) is 6.92 Å². The molecule has 0 atom stereocenters. The summed E-state index contributed by atoms with van der Waals surface area (Å²) in [4.78, 5) is 0. The maximum absolute atomic E-state index is 8.61. The molecule has 2 nitrogen and oxygen atoms in total. The van der Waals surface area contributed by atoms with E-state index in [0.717, 1.165) is 16.9 Å². The molecule has 0 fully saturated rings. The highest BCUT2D eigenvalue weighted by atomic mass is 16.5. The van der Waals surface area contributed by atoms with Gasteiger partial charge in [-0.05, 0) is 18.6 Å². The van der Waals surface area contributed by atoms with Crippen LogP contribution in [-0.2, 0) is 0 Å². The van der Waals surface area contributed by atoms with Crippen LogP contribution in [-0.4, -0.2) is 18.3 Å². The molecule has 0 heterocycles. The van der Waals surface area contributed by atoms with Gasteiger partial charge >= 0.3 is 0 Å². The molecular weight excluding hydrogens is 164 g/mol. The van der Waals surface area contributed by atoms with Crippen molar-refractivity contribution in [2.75, 3.05) is 13.2 Å². The van der Waals surface area contributed by atoms with Crippen LogP contribution in [0.15, 0.2) is 30.8 Å². The van der Waals surface area contributed by atoms with E-state index in [9.17, 15) is 0 Å². The Kier molecular flexibility index (Phi) is 3.53. The predicted molar refractivity (Wildman–Crippen MR) is 53.7 cm³/mol. The summed E-state index contributed by atoms with van der Waals surface area (Å²) in [7, 11) is 0. The number of benzene rings is 1. The van der Waals surface area contributed by atoms with Gasteiger partial charge in [0.25, 0.3) is 0 Å². The summed E-state index contributed by atoms with van der Waals surface area (Å²) in [5.41, 5.74) is 1.96. The monoisotopic (exact) mass is 178 g/mol. The summed E-state index contributed by atoms with van der Waals surface area (Å²) < 4.78 is 5.34. The lowest BCUT2D eigenvalue weighted by Crippen LogP contribution is -2.03. The van der Waals surface area contributed by atoms with E-state index in [4.69, 9.17) is 9.84 Å². The summed E-state index contributed by atoms with van der Waals surface area (Å²) in [5.74, 6) is 0.782. The minimum absolute atomic E-state index is 0.0323. The van der Waals surface area contributed by atoms with Crippen molar-refractivity contribution in [1.82, 2.24) is 0 Å². The Hall–Kier alpha value is -1.28. The molecule has 0 saturated carbocycles. The van der Waals surface area contributed by atoms with Crippen LogP contribution >= 0.6 is 0 Å². The van der Waals surface area contributed by atoms with Crippen LogP contribution < -0.4 is 4.74 Å².